The zero-order chi connectivity index (χ0) is 47.6. The Kier molecular flexibility index (Phi) is 21.1. The number of ether oxygens (including phenoxy) is 3. The molecule has 15 heteroatoms. The van der Waals surface area contributed by atoms with Gasteiger partial charge in [0.1, 0.15) is 23.1 Å². The number of phenols is 1. The van der Waals surface area contributed by atoms with Crippen molar-refractivity contribution < 1.29 is 48.1 Å². The van der Waals surface area contributed by atoms with Crippen LogP contribution in [0, 0.1) is 23.7 Å². The summed E-state index contributed by atoms with van der Waals surface area (Å²) in [4.78, 5) is 89.7. The van der Waals surface area contributed by atoms with Gasteiger partial charge in [0.15, 0.2) is 18.6 Å². The first-order valence-corrected chi connectivity index (χ1v) is 24.0. The van der Waals surface area contributed by atoms with Crippen molar-refractivity contribution in [3.8, 4) is 5.75 Å². The predicted molar refractivity (Wildman–Crippen MR) is 248 cm³/mol. The summed E-state index contributed by atoms with van der Waals surface area (Å²) in [6.45, 7) is 13.3. The Morgan fingerprint density at radius 3 is 2.28 bits per heavy atom. The Bertz CT molecular complexity index is 2010. The standard InChI is InChI=1S/C50H70N4O10S/c1-9-16-46(58)63-31-54(49(60)40(33(5)10-2)27-44(57)42-19-14-15-24-53(42)8)43(32(3)4)28-45(64-35(7)55)48-52-41(30-65-48)47(59)51-38(26-36-20-22-39(56)23-21-36)25-34(6)50(61)62-29-37-17-12-11-13-18-37/h11-13,17-18,20-23,30,32-34,38,40,42-43,45,56H,9-10,14-16,19,24-29,31H2,1-8H3,(H,51,59)/t33-,34-,38+,40-,42+,43+,45+/m0/s1. The van der Waals surface area contributed by atoms with Gasteiger partial charge in [-0.15, -0.1) is 11.3 Å². The van der Waals surface area contributed by atoms with Crippen molar-refractivity contribution in [2.24, 2.45) is 23.7 Å². The van der Waals surface area contributed by atoms with Gasteiger partial charge in [-0.3, -0.25) is 33.7 Å². The normalized spacial score (nSPS) is 16.9. The molecule has 1 aliphatic rings. The van der Waals surface area contributed by atoms with Crippen molar-refractivity contribution in [3.63, 3.8) is 0 Å². The number of phenolic OH excluding ortho intramolecular Hbond substituents is 1. The molecule has 0 saturated carbocycles. The van der Waals surface area contributed by atoms with Crippen molar-refractivity contribution in [1.82, 2.24) is 20.1 Å². The van der Waals surface area contributed by atoms with Gasteiger partial charge in [0.05, 0.1) is 12.0 Å². The summed E-state index contributed by atoms with van der Waals surface area (Å²) in [5, 5.41) is 14.8. The molecule has 2 amide bonds. The third kappa shape index (κ3) is 16.4. The maximum atomic E-state index is 14.9. The van der Waals surface area contributed by atoms with Gasteiger partial charge in [0.2, 0.25) is 5.91 Å². The number of rotatable bonds is 25. The second-order valence-corrected chi connectivity index (χ2v) is 18.7. The van der Waals surface area contributed by atoms with Crippen molar-refractivity contribution in [1.29, 1.82) is 0 Å². The number of piperidine rings is 1. The van der Waals surface area contributed by atoms with E-state index in [2.05, 4.69) is 15.2 Å². The molecular formula is C50H70N4O10S. The van der Waals surface area contributed by atoms with E-state index in [0.29, 0.717) is 24.3 Å². The smallest absolute Gasteiger partial charge is 0.309 e. The van der Waals surface area contributed by atoms with Crippen LogP contribution < -0.4 is 5.32 Å². The largest absolute Gasteiger partial charge is 0.508 e. The molecule has 0 aliphatic carbocycles. The van der Waals surface area contributed by atoms with Crippen LogP contribution in [-0.2, 0) is 51.2 Å². The van der Waals surface area contributed by atoms with Crippen LogP contribution in [-0.4, -0.2) is 93.8 Å². The maximum Gasteiger partial charge on any atom is 0.309 e. The molecule has 2 heterocycles. The fourth-order valence-corrected chi connectivity index (χ4v) is 9.13. The molecule has 0 unspecified atom stereocenters. The van der Waals surface area contributed by atoms with Crippen LogP contribution in [0.15, 0.2) is 60.0 Å². The lowest BCUT2D eigenvalue weighted by Gasteiger charge is -2.39. The van der Waals surface area contributed by atoms with Crippen molar-refractivity contribution in [2.45, 2.75) is 144 Å². The molecule has 0 bridgehead atoms. The number of nitrogens with zero attached hydrogens (tertiary/aromatic N) is 3. The van der Waals surface area contributed by atoms with Crippen LogP contribution >= 0.6 is 11.3 Å². The molecule has 7 atom stereocenters. The Morgan fingerprint density at radius 1 is 0.938 bits per heavy atom. The van der Waals surface area contributed by atoms with Gasteiger partial charge >= 0.3 is 17.9 Å². The Morgan fingerprint density at radius 2 is 1.65 bits per heavy atom. The fraction of sp³-hybridized carbons (Fsp3) is 0.580. The SMILES string of the molecule is CCCC(=O)OCN(C(=O)[C@@H](CC(=O)[C@H]1CCCCN1C)[C@@H](C)CC)[C@H](C[C@@H](OC(C)=O)c1nc(C(=O)N[C@@H](Cc2ccc(O)cc2)C[C@H](C)C(=O)OCc2ccccc2)cs1)C(C)C. The second-order valence-electron chi connectivity index (χ2n) is 17.8. The summed E-state index contributed by atoms with van der Waals surface area (Å²) in [5.74, 6) is -3.81. The summed E-state index contributed by atoms with van der Waals surface area (Å²) < 4.78 is 17.2. The van der Waals surface area contributed by atoms with Crippen molar-refractivity contribution >= 4 is 46.8 Å². The third-order valence-corrected chi connectivity index (χ3v) is 13.2. The van der Waals surface area contributed by atoms with E-state index in [9.17, 15) is 33.9 Å². The summed E-state index contributed by atoms with van der Waals surface area (Å²) >= 11 is 1.13. The van der Waals surface area contributed by atoms with Gasteiger partial charge < -0.3 is 29.5 Å². The van der Waals surface area contributed by atoms with Crippen LogP contribution in [0.1, 0.15) is 139 Å². The van der Waals surface area contributed by atoms with Crippen LogP contribution in [0.3, 0.4) is 0 Å². The highest BCUT2D eigenvalue weighted by Crippen LogP contribution is 2.34. The number of likely N-dealkylation sites (tertiary alicyclic amines) is 1. The minimum absolute atomic E-state index is 0.0176. The van der Waals surface area contributed by atoms with E-state index in [0.717, 1.165) is 48.3 Å². The van der Waals surface area contributed by atoms with Gasteiger partial charge in [0, 0.05) is 49.6 Å². The minimum atomic E-state index is -0.986. The van der Waals surface area contributed by atoms with Crippen LogP contribution in [0.4, 0.5) is 0 Å². The number of hydrogen-bond donors (Lipinski definition) is 2. The molecule has 356 valence electrons. The first kappa shape index (κ1) is 52.5. The Hall–Kier alpha value is -5.15. The molecule has 4 rings (SSSR count). The highest BCUT2D eigenvalue weighted by molar-refractivity contribution is 7.09. The zero-order valence-corrected chi connectivity index (χ0v) is 40.3. The van der Waals surface area contributed by atoms with E-state index in [1.807, 2.05) is 72.0 Å². The molecule has 3 aromatic rings. The van der Waals surface area contributed by atoms with E-state index >= 15 is 0 Å². The number of aromatic nitrogens is 1. The molecule has 0 spiro atoms. The molecule has 1 fully saturated rings. The summed E-state index contributed by atoms with van der Waals surface area (Å²) in [5.41, 5.74) is 1.75. The number of benzene rings is 2. The number of thiazole rings is 1. The molecule has 2 N–H and O–H groups in total. The summed E-state index contributed by atoms with van der Waals surface area (Å²) in [7, 11) is 1.95. The van der Waals surface area contributed by atoms with E-state index in [1.165, 1.54) is 11.8 Å². The number of aromatic hydroxyl groups is 1. The average molecular weight is 919 g/mol. The lowest BCUT2D eigenvalue weighted by atomic mass is 9.82. The molecular weight excluding hydrogens is 849 g/mol. The monoisotopic (exact) mass is 918 g/mol. The van der Waals surface area contributed by atoms with Crippen LogP contribution in [0.25, 0.3) is 0 Å². The number of Topliss-reactive ketones (excluding diaryl/α,β-unsaturated/α-hetero) is 1. The molecule has 65 heavy (non-hydrogen) atoms. The molecule has 1 aliphatic heterocycles. The number of carbonyl (C=O) groups excluding carboxylic acids is 6. The zero-order valence-electron chi connectivity index (χ0n) is 39.5. The van der Waals surface area contributed by atoms with Crippen molar-refractivity contribution in [3.05, 3.63) is 81.8 Å². The maximum absolute atomic E-state index is 14.9. The number of carbonyl (C=O) groups is 6. The molecule has 2 aromatic carbocycles. The second kappa shape index (κ2) is 26.1. The minimum Gasteiger partial charge on any atom is -0.508 e. The van der Waals surface area contributed by atoms with Crippen molar-refractivity contribution in [2.75, 3.05) is 20.3 Å². The number of amides is 2. The van der Waals surface area contributed by atoms with Gasteiger partial charge in [-0.1, -0.05) is 96.8 Å². The van der Waals surface area contributed by atoms with E-state index in [-0.39, 0.29) is 80.0 Å². The van der Waals surface area contributed by atoms with E-state index in [4.69, 9.17) is 14.2 Å². The summed E-state index contributed by atoms with van der Waals surface area (Å²) in [6, 6.07) is 14.5. The van der Waals surface area contributed by atoms with E-state index in [1.54, 1.807) is 36.6 Å². The Labute approximate surface area is 388 Å². The number of ketones is 1. The lowest BCUT2D eigenvalue weighted by molar-refractivity contribution is -0.161. The number of likely N-dealkylation sites (N-methyl/N-ethyl adjacent to an activating group) is 1. The molecule has 1 saturated heterocycles. The lowest BCUT2D eigenvalue weighted by Crippen LogP contribution is -2.50. The fourth-order valence-electron chi connectivity index (χ4n) is 8.29. The third-order valence-electron chi connectivity index (χ3n) is 12.3. The quantitative estimate of drug-likeness (QED) is 0.0473. The van der Waals surface area contributed by atoms with E-state index < -0.39 is 53.8 Å². The van der Waals surface area contributed by atoms with Crippen LogP contribution in [0.5, 0.6) is 5.75 Å². The summed E-state index contributed by atoms with van der Waals surface area (Å²) in [6.07, 6.45) is 3.81. The van der Waals surface area contributed by atoms with Gasteiger partial charge in [-0.25, -0.2) is 4.98 Å². The van der Waals surface area contributed by atoms with Crippen LogP contribution in [0.2, 0.25) is 0 Å². The number of nitrogens with one attached hydrogen (secondary N) is 1. The number of hydrogen-bond acceptors (Lipinski definition) is 13. The van der Waals surface area contributed by atoms with Gasteiger partial charge in [0.25, 0.3) is 5.91 Å². The van der Waals surface area contributed by atoms with Gasteiger partial charge in [-0.05, 0) is 80.8 Å². The number of esters is 3. The highest BCUT2D eigenvalue weighted by Gasteiger charge is 2.40. The molecule has 0 radical (unpaired) electrons. The first-order chi connectivity index (χ1) is 31.0. The first-order valence-electron chi connectivity index (χ1n) is 23.1. The molecule has 1 aromatic heterocycles. The highest BCUT2D eigenvalue weighted by atomic mass is 32.1. The van der Waals surface area contributed by atoms with Gasteiger partial charge in [-0.2, -0.15) is 0 Å². The predicted octanol–water partition coefficient (Wildman–Crippen LogP) is 8.21. The topological polar surface area (TPSA) is 182 Å². The Balaban J connectivity index is 1.60. The average Bonchev–Trinajstić information content (AvgIpc) is 3.78. The molecule has 14 nitrogen and oxygen atoms in total.